The van der Waals surface area contributed by atoms with Crippen molar-refractivity contribution in [2.45, 2.75) is 6.92 Å². The van der Waals surface area contributed by atoms with Crippen molar-refractivity contribution in [1.82, 2.24) is 0 Å². The molecular formula is C6H10BrNO3. The first-order chi connectivity index (χ1) is 5.26. The summed E-state index contributed by atoms with van der Waals surface area (Å²) in [6, 6.07) is 0. The maximum atomic E-state index is 10.9. The minimum absolute atomic E-state index is 0.231. The van der Waals surface area contributed by atoms with Gasteiger partial charge in [0.05, 0.1) is 11.9 Å². The molecule has 0 unspecified atom stereocenters. The molecule has 0 bridgehead atoms. The highest BCUT2D eigenvalue weighted by Crippen LogP contribution is 1.91. The van der Waals surface area contributed by atoms with Crippen LogP contribution in [-0.2, 0) is 14.4 Å². The number of esters is 1. The summed E-state index contributed by atoms with van der Waals surface area (Å²) < 4.78 is 4.67. The number of carbonyl (C=O) groups is 1. The molecule has 0 N–H and O–H groups in total. The van der Waals surface area contributed by atoms with Crippen molar-refractivity contribution in [3.8, 4) is 0 Å². The number of nitrogens with zero attached hydrogens (tertiary/aromatic N) is 1. The van der Waals surface area contributed by atoms with Gasteiger partial charge in [0.2, 0.25) is 0 Å². The molecular weight excluding hydrogens is 214 g/mol. The van der Waals surface area contributed by atoms with E-state index in [2.05, 4.69) is 30.7 Å². The predicted octanol–water partition coefficient (Wildman–Crippen LogP) is 0.947. The standard InChI is InChI=1S/C6H10BrNO3/c1-3-11-6(9)5(4-7)8-10-2/h3-4H2,1-2H3/b8-5+. The van der Waals surface area contributed by atoms with E-state index >= 15 is 0 Å². The lowest BCUT2D eigenvalue weighted by Crippen LogP contribution is -2.18. The molecule has 0 aliphatic carbocycles. The van der Waals surface area contributed by atoms with Crippen LogP contribution >= 0.6 is 15.9 Å². The highest BCUT2D eigenvalue weighted by molar-refractivity contribution is 9.09. The van der Waals surface area contributed by atoms with Crippen LogP contribution in [0, 0.1) is 0 Å². The Hall–Kier alpha value is -0.580. The Bertz CT molecular complexity index is 158. The lowest BCUT2D eigenvalue weighted by atomic mass is 10.4. The second-order valence-corrected chi connectivity index (χ2v) is 2.14. The average molecular weight is 224 g/mol. The molecule has 0 amide bonds. The van der Waals surface area contributed by atoms with Gasteiger partial charge in [0.1, 0.15) is 7.11 Å². The monoisotopic (exact) mass is 223 g/mol. The van der Waals surface area contributed by atoms with Gasteiger partial charge >= 0.3 is 5.97 Å². The number of oxime groups is 1. The minimum Gasteiger partial charge on any atom is -0.461 e. The molecule has 5 heteroatoms. The molecule has 0 spiro atoms. The molecule has 11 heavy (non-hydrogen) atoms. The molecule has 4 nitrogen and oxygen atoms in total. The Morgan fingerprint density at radius 1 is 1.64 bits per heavy atom. The molecule has 0 aliphatic heterocycles. The fourth-order valence-electron chi connectivity index (χ4n) is 0.441. The van der Waals surface area contributed by atoms with E-state index in [0.29, 0.717) is 11.9 Å². The Morgan fingerprint density at radius 2 is 2.27 bits per heavy atom. The molecule has 0 saturated heterocycles. The molecule has 0 aromatic heterocycles. The predicted molar refractivity (Wildman–Crippen MR) is 44.9 cm³/mol. The van der Waals surface area contributed by atoms with Crippen molar-refractivity contribution in [2.24, 2.45) is 5.16 Å². The molecule has 0 aromatic carbocycles. The smallest absolute Gasteiger partial charge is 0.356 e. The van der Waals surface area contributed by atoms with Gasteiger partial charge in [-0.05, 0) is 6.92 Å². The van der Waals surface area contributed by atoms with Gasteiger partial charge in [-0.15, -0.1) is 0 Å². The van der Waals surface area contributed by atoms with Gasteiger partial charge in [-0.2, -0.15) is 0 Å². The number of halogens is 1. The highest BCUT2D eigenvalue weighted by atomic mass is 79.9. The van der Waals surface area contributed by atoms with Crippen molar-refractivity contribution >= 4 is 27.6 Å². The van der Waals surface area contributed by atoms with E-state index in [4.69, 9.17) is 0 Å². The van der Waals surface area contributed by atoms with Crippen molar-refractivity contribution in [3.63, 3.8) is 0 Å². The molecule has 0 saturated carbocycles. The van der Waals surface area contributed by atoms with Gasteiger partial charge in [0, 0.05) is 0 Å². The van der Waals surface area contributed by atoms with Crippen LogP contribution in [0.3, 0.4) is 0 Å². The van der Waals surface area contributed by atoms with Gasteiger partial charge in [-0.1, -0.05) is 21.1 Å². The minimum atomic E-state index is -0.453. The fourth-order valence-corrected chi connectivity index (χ4v) is 0.772. The SMILES string of the molecule is CCOC(=O)/C(CBr)=N/OC. The van der Waals surface area contributed by atoms with Crippen molar-refractivity contribution in [3.05, 3.63) is 0 Å². The zero-order chi connectivity index (χ0) is 8.69. The number of ether oxygens (including phenoxy) is 1. The third-order valence-corrected chi connectivity index (χ3v) is 1.37. The number of alkyl halides is 1. The highest BCUT2D eigenvalue weighted by Gasteiger charge is 2.10. The fraction of sp³-hybridized carbons (Fsp3) is 0.667. The first kappa shape index (κ1) is 10.4. The van der Waals surface area contributed by atoms with E-state index in [0.717, 1.165) is 0 Å². The summed E-state index contributed by atoms with van der Waals surface area (Å²) in [5.74, 6) is -0.453. The number of hydrogen-bond donors (Lipinski definition) is 0. The Balaban J connectivity index is 4.03. The quantitative estimate of drug-likeness (QED) is 0.309. The summed E-state index contributed by atoms with van der Waals surface area (Å²) in [6.45, 7) is 2.07. The third kappa shape index (κ3) is 3.98. The van der Waals surface area contributed by atoms with Crippen LogP contribution in [0.1, 0.15) is 6.92 Å². The van der Waals surface area contributed by atoms with Crippen molar-refractivity contribution < 1.29 is 14.4 Å². The van der Waals surface area contributed by atoms with Crippen LogP contribution in [0.5, 0.6) is 0 Å². The molecule has 0 aliphatic rings. The summed E-state index contributed by atoms with van der Waals surface area (Å²) in [7, 11) is 1.38. The number of hydrogen-bond acceptors (Lipinski definition) is 4. The first-order valence-electron chi connectivity index (χ1n) is 3.09. The van der Waals surface area contributed by atoms with Crippen LogP contribution in [0.2, 0.25) is 0 Å². The van der Waals surface area contributed by atoms with Gasteiger partial charge in [-0.3, -0.25) is 0 Å². The Morgan fingerprint density at radius 3 is 2.64 bits per heavy atom. The molecule has 0 rings (SSSR count). The van der Waals surface area contributed by atoms with Gasteiger partial charge in [0.25, 0.3) is 0 Å². The second-order valence-electron chi connectivity index (χ2n) is 1.57. The molecule has 0 heterocycles. The summed E-state index contributed by atoms with van der Waals surface area (Å²) in [5, 5.41) is 3.79. The Labute approximate surface area is 73.7 Å². The van der Waals surface area contributed by atoms with Crippen LogP contribution in [0.25, 0.3) is 0 Å². The summed E-state index contributed by atoms with van der Waals surface area (Å²) in [6.07, 6.45) is 0. The largest absolute Gasteiger partial charge is 0.461 e. The van der Waals surface area contributed by atoms with E-state index in [9.17, 15) is 4.79 Å². The van der Waals surface area contributed by atoms with E-state index in [-0.39, 0.29) is 5.71 Å². The second kappa shape index (κ2) is 6.15. The zero-order valence-electron chi connectivity index (χ0n) is 6.46. The topological polar surface area (TPSA) is 47.9 Å². The third-order valence-electron chi connectivity index (χ3n) is 0.839. The zero-order valence-corrected chi connectivity index (χ0v) is 8.05. The lowest BCUT2D eigenvalue weighted by Gasteiger charge is -2.00. The molecule has 64 valence electrons. The lowest BCUT2D eigenvalue weighted by molar-refractivity contribution is -0.135. The van der Waals surface area contributed by atoms with Crippen molar-refractivity contribution in [2.75, 3.05) is 19.0 Å². The van der Waals surface area contributed by atoms with Gasteiger partial charge in [0.15, 0.2) is 5.71 Å². The summed E-state index contributed by atoms with van der Waals surface area (Å²) >= 11 is 3.08. The number of rotatable bonds is 4. The van der Waals surface area contributed by atoms with Crippen LogP contribution < -0.4 is 0 Å². The number of carbonyl (C=O) groups excluding carboxylic acids is 1. The van der Waals surface area contributed by atoms with E-state index in [1.165, 1.54) is 7.11 Å². The molecule has 0 atom stereocenters. The van der Waals surface area contributed by atoms with E-state index < -0.39 is 5.97 Å². The molecule has 0 aromatic rings. The maximum absolute atomic E-state index is 10.9. The normalized spacial score (nSPS) is 11.0. The molecule has 0 radical (unpaired) electrons. The summed E-state index contributed by atoms with van der Waals surface area (Å²) in [4.78, 5) is 15.3. The van der Waals surface area contributed by atoms with E-state index in [1.807, 2.05) is 0 Å². The van der Waals surface area contributed by atoms with Crippen LogP contribution in [-0.4, -0.2) is 30.7 Å². The molecule has 0 fully saturated rings. The van der Waals surface area contributed by atoms with Crippen molar-refractivity contribution in [1.29, 1.82) is 0 Å². The van der Waals surface area contributed by atoms with Gasteiger partial charge < -0.3 is 9.57 Å². The Kier molecular flexibility index (Phi) is 5.83. The average Bonchev–Trinajstić information content (AvgIpc) is 2.00. The maximum Gasteiger partial charge on any atom is 0.356 e. The summed E-state index contributed by atoms with van der Waals surface area (Å²) in [5.41, 5.74) is 0.231. The first-order valence-corrected chi connectivity index (χ1v) is 4.21. The van der Waals surface area contributed by atoms with Crippen LogP contribution in [0.15, 0.2) is 5.16 Å². The van der Waals surface area contributed by atoms with Gasteiger partial charge in [-0.25, -0.2) is 4.79 Å². The van der Waals surface area contributed by atoms with Crippen LogP contribution in [0.4, 0.5) is 0 Å². The van der Waals surface area contributed by atoms with E-state index in [1.54, 1.807) is 6.92 Å².